The summed E-state index contributed by atoms with van der Waals surface area (Å²) < 4.78 is 15.0. The van der Waals surface area contributed by atoms with E-state index in [1.54, 1.807) is 12.1 Å². The number of carbonyl (C=O) groups excluding carboxylic acids is 1. The summed E-state index contributed by atoms with van der Waals surface area (Å²) in [6.45, 7) is 7.97. The molecular weight excluding hydrogens is 321 g/mol. The van der Waals surface area contributed by atoms with Gasteiger partial charge in [-0.05, 0) is 31.2 Å². The van der Waals surface area contributed by atoms with Gasteiger partial charge >= 0.3 is 0 Å². The second-order valence-electron chi connectivity index (χ2n) is 6.34. The molecule has 0 atom stereocenters. The Morgan fingerprint density at radius 3 is 2.44 bits per heavy atom. The summed E-state index contributed by atoms with van der Waals surface area (Å²) in [6, 6.07) is 5.83. The van der Waals surface area contributed by atoms with Gasteiger partial charge in [0.05, 0.1) is 6.54 Å². The van der Waals surface area contributed by atoms with Gasteiger partial charge in [-0.25, -0.2) is 9.37 Å². The molecule has 0 saturated carbocycles. The van der Waals surface area contributed by atoms with Crippen molar-refractivity contribution >= 4 is 11.6 Å². The SMILES string of the molecule is Cc1nccn1CCN1CCN(CC(=O)Nc2ccc(F)cc2)CC1. The van der Waals surface area contributed by atoms with Crippen LogP contribution in [0.4, 0.5) is 10.1 Å². The molecule has 25 heavy (non-hydrogen) atoms. The highest BCUT2D eigenvalue weighted by atomic mass is 19.1. The van der Waals surface area contributed by atoms with Crippen LogP contribution in [-0.2, 0) is 11.3 Å². The fourth-order valence-electron chi connectivity index (χ4n) is 3.00. The molecule has 0 aliphatic carbocycles. The van der Waals surface area contributed by atoms with Crippen molar-refractivity contribution in [1.29, 1.82) is 0 Å². The number of anilines is 1. The number of nitrogens with zero attached hydrogens (tertiary/aromatic N) is 4. The zero-order chi connectivity index (χ0) is 17.6. The Morgan fingerprint density at radius 1 is 1.12 bits per heavy atom. The molecule has 1 fully saturated rings. The van der Waals surface area contributed by atoms with E-state index in [4.69, 9.17) is 0 Å². The van der Waals surface area contributed by atoms with E-state index < -0.39 is 0 Å². The lowest BCUT2D eigenvalue weighted by Gasteiger charge is -2.34. The fourth-order valence-corrected chi connectivity index (χ4v) is 3.00. The van der Waals surface area contributed by atoms with E-state index in [0.29, 0.717) is 12.2 Å². The van der Waals surface area contributed by atoms with Crippen molar-refractivity contribution in [2.45, 2.75) is 13.5 Å². The number of hydrogen-bond acceptors (Lipinski definition) is 4. The minimum absolute atomic E-state index is 0.0610. The van der Waals surface area contributed by atoms with Gasteiger partial charge in [-0.2, -0.15) is 0 Å². The number of amides is 1. The Bertz CT molecular complexity index is 692. The average Bonchev–Trinajstić information content (AvgIpc) is 3.01. The third-order valence-electron chi connectivity index (χ3n) is 4.54. The van der Waals surface area contributed by atoms with Crippen molar-refractivity contribution in [3.8, 4) is 0 Å². The average molecular weight is 345 g/mol. The molecule has 7 heteroatoms. The molecule has 1 aromatic heterocycles. The first-order valence-corrected chi connectivity index (χ1v) is 8.58. The minimum atomic E-state index is -0.306. The van der Waals surface area contributed by atoms with Gasteiger partial charge in [-0.15, -0.1) is 0 Å². The van der Waals surface area contributed by atoms with Gasteiger partial charge in [0.15, 0.2) is 0 Å². The Kier molecular flexibility index (Phi) is 5.78. The molecule has 1 aliphatic heterocycles. The summed E-state index contributed by atoms with van der Waals surface area (Å²) in [5, 5.41) is 2.81. The molecule has 1 aliphatic rings. The van der Waals surface area contributed by atoms with Crippen molar-refractivity contribution in [1.82, 2.24) is 19.4 Å². The molecule has 2 aromatic rings. The van der Waals surface area contributed by atoms with Gasteiger partial charge in [0, 0.05) is 57.3 Å². The number of piperazine rings is 1. The minimum Gasteiger partial charge on any atom is -0.334 e. The number of aryl methyl sites for hydroxylation is 1. The highest BCUT2D eigenvalue weighted by molar-refractivity contribution is 5.92. The third-order valence-corrected chi connectivity index (χ3v) is 4.54. The van der Waals surface area contributed by atoms with Crippen LogP contribution in [0.2, 0.25) is 0 Å². The molecule has 1 saturated heterocycles. The fraction of sp³-hybridized carbons (Fsp3) is 0.444. The largest absolute Gasteiger partial charge is 0.334 e. The standard InChI is InChI=1S/C18H24FN5O/c1-15-20-6-7-24(15)13-12-22-8-10-23(11-9-22)14-18(25)21-17-4-2-16(19)3-5-17/h2-7H,8-14H2,1H3,(H,21,25). The van der Waals surface area contributed by atoms with Crippen LogP contribution in [0, 0.1) is 12.7 Å². The van der Waals surface area contributed by atoms with Gasteiger partial charge in [0.2, 0.25) is 5.91 Å². The van der Waals surface area contributed by atoms with E-state index in [1.165, 1.54) is 12.1 Å². The Hall–Kier alpha value is -2.25. The summed E-state index contributed by atoms with van der Waals surface area (Å²) in [5.41, 5.74) is 0.626. The lowest BCUT2D eigenvalue weighted by atomic mass is 10.3. The number of benzene rings is 1. The van der Waals surface area contributed by atoms with E-state index in [2.05, 4.69) is 24.7 Å². The summed E-state index contributed by atoms with van der Waals surface area (Å²) in [7, 11) is 0. The first kappa shape index (κ1) is 17.6. The number of carbonyl (C=O) groups is 1. The van der Waals surface area contributed by atoms with Crippen LogP contribution < -0.4 is 5.32 Å². The Labute approximate surface area is 147 Å². The maximum absolute atomic E-state index is 12.9. The van der Waals surface area contributed by atoms with E-state index >= 15 is 0 Å². The third kappa shape index (κ3) is 5.11. The molecular formula is C18H24FN5O. The topological polar surface area (TPSA) is 53.4 Å². The van der Waals surface area contributed by atoms with Crippen LogP contribution in [0.1, 0.15) is 5.82 Å². The maximum Gasteiger partial charge on any atom is 0.238 e. The molecule has 2 heterocycles. The number of imidazole rings is 1. The first-order chi connectivity index (χ1) is 12.1. The number of halogens is 1. The lowest BCUT2D eigenvalue weighted by Crippen LogP contribution is -2.49. The predicted molar refractivity (Wildman–Crippen MR) is 94.9 cm³/mol. The second-order valence-corrected chi connectivity index (χ2v) is 6.34. The Morgan fingerprint density at radius 2 is 1.80 bits per heavy atom. The van der Waals surface area contributed by atoms with E-state index in [9.17, 15) is 9.18 Å². The van der Waals surface area contributed by atoms with Gasteiger partial charge in [-0.1, -0.05) is 0 Å². The van der Waals surface area contributed by atoms with Crippen LogP contribution in [0.15, 0.2) is 36.7 Å². The summed E-state index contributed by atoms with van der Waals surface area (Å²) in [5.74, 6) is 0.671. The van der Waals surface area contributed by atoms with Gasteiger partial charge in [0.1, 0.15) is 11.6 Å². The zero-order valence-electron chi connectivity index (χ0n) is 14.5. The van der Waals surface area contributed by atoms with Gasteiger partial charge < -0.3 is 9.88 Å². The molecule has 0 unspecified atom stereocenters. The molecule has 6 nitrogen and oxygen atoms in total. The second kappa shape index (κ2) is 8.22. The monoisotopic (exact) mass is 345 g/mol. The predicted octanol–water partition coefficient (Wildman–Crippen LogP) is 1.59. The molecule has 0 bridgehead atoms. The maximum atomic E-state index is 12.9. The molecule has 0 spiro atoms. The number of rotatable bonds is 6. The van der Waals surface area contributed by atoms with Crippen LogP contribution in [-0.4, -0.2) is 64.5 Å². The molecule has 3 rings (SSSR count). The van der Waals surface area contributed by atoms with E-state index in [-0.39, 0.29) is 11.7 Å². The molecule has 0 radical (unpaired) electrons. The molecule has 1 aromatic carbocycles. The molecule has 1 N–H and O–H groups in total. The molecule has 1 amide bonds. The van der Waals surface area contributed by atoms with Gasteiger partial charge in [0.25, 0.3) is 0 Å². The zero-order valence-corrected chi connectivity index (χ0v) is 14.5. The van der Waals surface area contributed by atoms with E-state index in [0.717, 1.165) is 45.1 Å². The smallest absolute Gasteiger partial charge is 0.238 e. The lowest BCUT2D eigenvalue weighted by molar-refractivity contribution is -0.117. The van der Waals surface area contributed by atoms with E-state index in [1.807, 2.05) is 19.3 Å². The summed E-state index contributed by atoms with van der Waals surface area (Å²) >= 11 is 0. The number of aromatic nitrogens is 2. The summed E-state index contributed by atoms with van der Waals surface area (Å²) in [4.78, 5) is 20.9. The van der Waals surface area contributed by atoms with Crippen LogP contribution in [0.25, 0.3) is 0 Å². The number of hydrogen-bond donors (Lipinski definition) is 1. The van der Waals surface area contributed by atoms with Crippen molar-refractivity contribution in [3.05, 3.63) is 48.3 Å². The van der Waals surface area contributed by atoms with Crippen LogP contribution in [0.3, 0.4) is 0 Å². The van der Waals surface area contributed by atoms with Crippen molar-refractivity contribution in [2.75, 3.05) is 44.6 Å². The number of nitrogens with one attached hydrogen (secondary N) is 1. The van der Waals surface area contributed by atoms with Crippen molar-refractivity contribution < 1.29 is 9.18 Å². The highest BCUT2D eigenvalue weighted by Crippen LogP contribution is 2.09. The highest BCUT2D eigenvalue weighted by Gasteiger charge is 2.18. The first-order valence-electron chi connectivity index (χ1n) is 8.58. The van der Waals surface area contributed by atoms with Crippen LogP contribution in [0.5, 0.6) is 0 Å². The normalized spacial score (nSPS) is 16.1. The Balaban J connectivity index is 1.38. The van der Waals surface area contributed by atoms with Crippen molar-refractivity contribution in [2.24, 2.45) is 0 Å². The van der Waals surface area contributed by atoms with Gasteiger partial charge in [-0.3, -0.25) is 14.6 Å². The van der Waals surface area contributed by atoms with Crippen molar-refractivity contribution in [3.63, 3.8) is 0 Å². The quantitative estimate of drug-likeness (QED) is 0.864. The summed E-state index contributed by atoms with van der Waals surface area (Å²) in [6.07, 6.45) is 3.83. The van der Waals surface area contributed by atoms with Crippen LogP contribution >= 0.6 is 0 Å². The molecule has 134 valence electrons.